The number of carbonyl (C=O) groups is 2. The summed E-state index contributed by atoms with van der Waals surface area (Å²) in [7, 11) is 1.80. The molecule has 27 heavy (non-hydrogen) atoms. The molecular formula is C19H30ClN5O2. The van der Waals surface area contributed by atoms with Crippen molar-refractivity contribution in [1.82, 2.24) is 20.0 Å². The Labute approximate surface area is 166 Å². The topological polar surface area (TPSA) is 93.2 Å². The summed E-state index contributed by atoms with van der Waals surface area (Å²) in [6.07, 6.45) is 8.70. The molecule has 3 N–H and O–H groups in total. The van der Waals surface area contributed by atoms with Crippen molar-refractivity contribution in [3.05, 3.63) is 18.0 Å². The van der Waals surface area contributed by atoms with Gasteiger partial charge in [-0.3, -0.25) is 14.3 Å². The fourth-order valence-electron chi connectivity index (χ4n) is 5.15. The van der Waals surface area contributed by atoms with Crippen LogP contribution in [0.5, 0.6) is 0 Å². The molecule has 8 heteroatoms. The molecule has 1 aliphatic heterocycles. The number of rotatable bonds is 4. The number of nitrogens with two attached hydrogens (primary N) is 1. The first-order valence-electron chi connectivity index (χ1n) is 9.84. The molecule has 7 nitrogen and oxygen atoms in total. The van der Waals surface area contributed by atoms with Crippen LogP contribution in [0.15, 0.2) is 12.4 Å². The van der Waals surface area contributed by atoms with Gasteiger partial charge in [-0.1, -0.05) is 0 Å². The molecule has 2 amide bonds. The van der Waals surface area contributed by atoms with Crippen LogP contribution in [0.1, 0.15) is 42.5 Å². The summed E-state index contributed by atoms with van der Waals surface area (Å²) in [5.41, 5.74) is 6.92. The first-order chi connectivity index (χ1) is 12.5. The van der Waals surface area contributed by atoms with Crippen LogP contribution in [-0.4, -0.2) is 52.2 Å². The summed E-state index contributed by atoms with van der Waals surface area (Å²) in [4.78, 5) is 27.1. The molecular weight excluding hydrogens is 366 g/mol. The Balaban J connectivity index is 0.00000210. The van der Waals surface area contributed by atoms with Gasteiger partial charge in [0.1, 0.15) is 0 Å². The Morgan fingerprint density at radius 2 is 1.93 bits per heavy atom. The molecule has 4 atom stereocenters. The highest BCUT2D eigenvalue weighted by atomic mass is 35.5. The molecule has 4 rings (SSSR count). The standard InChI is InChI=1S/C19H29N5O2.ClH/c1-23-11-15(10-22-23)18(25)21-9-12-4-6-24(7-5-12)19(26)16-13-2-3-14(8-13)17(16)20;/h10-14,16-17H,2-9,20H2,1H3,(H,21,25);1H. The third-order valence-electron chi connectivity index (χ3n) is 6.71. The second kappa shape index (κ2) is 8.19. The molecule has 0 aromatic carbocycles. The quantitative estimate of drug-likeness (QED) is 0.800. The minimum Gasteiger partial charge on any atom is -0.352 e. The molecule has 2 saturated carbocycles. The summed E-state index contributed by atoms with van der Waals surface area (Å²) in [5.74, 6) is 1.75. The number of carbonyl (C=O) groups excluding carboxylic acids is 2. The number of aromatic nitrogens is 2. The second-order valence-corrected chi connectivity index (χ2v) is 8.32. The molecule has 0 radical (unpaired) electrons. The molecule has 3 aliphatic rings. The molecule has 2 bridgehead atoms. The van der Waals surface area contributed by atoms with Crippen molar-refractivity contribution in [2.24, 2.45) is 36.5 Å². The van der Waals surface area contributed by atoms with Gasteiger partial charge in [-0.05, 0) is 49.9 Å². The number of piperidine rings is 1. The van der Waals surface area contributed by atoms with E-state index in [1.165, 1.54) is 12.8 Å². The van der Waals surface area contributed by atoms with Gasteiger partial charge in [0.25, 0.3) is 5.91 Å². The maximum atomic E-state index is 12.9. The number of likely N-dealkylation sites (tertiary alicyclic amines) is 1. The van der Waals surface area contributed by atoms with Crippen LogP contribution < -0.4 is 11.1 Å². The summed E-state index contributed by atoms with van der Waals surface area (Å²) in [6, 6.07) is 0.0674. The SMILES string of the molecule is Cl.Cn1cc(C(=O)NCC2CCN(C(=O)C3C4CCC(C4)C3N)CC2)cn1. The Morgan fingerprint density at radius 1 is 1.22 bits per heavy atom. The summed E-state index contributed by atoms with van der Waals surface area (Å²) >= 11 is 0. The lowest BCUT2D eigenvalue weighted by atomic mass is 9.83. The Bertz CT molecular complexity index is 683. The minimum atomic E-state index is -0.0791. The van der Waals surface area contributed by atoms with Gasteiger partial charge in [0.2, 0.25) is 5.91 Å². The predicted molar refractivity (Wildman–Crippen MR) is 104 cm³/mol. The van der Waals surface area contributed by atoms with Gasteiger partial charge < -0.3 is 16.0 Å². The van der Waals surface area contributed by atoms with Crippen LogP contribution in [0.3, 0.4) is 0 Å². The van der Waals surface area contributed by atoms with E-state index in [0.717, 1.165) is 32.4 Å². The van der Waals surface area contributed by atoms with E-state index in [1.807, 2.05) is 4.90 Å². The van der Waals surface area contributed by atoms with E-state index in [9.17, 15) is 9.59 Å². The van der Waals surface area contributed by atoms with Gasteiger partial charge in [-0.25, -0.2) is 0 Å². The normalized spacial score (nSPS) is 30.2. The number of nitrogens with one attached hydrogen (secondary N) is 1. The van der Waals surface area contributed by atoms with E-state index in [0.29, 0.717) is 29.9 Å². The second-order valence-electron chi connectivity index (χ2n) is 8.32. The molecule has 3 fully saturated rings. The summed E-state index contributed by atoms with van der Waals surface area (Å²) in [5, 5.41) is 7.02. The lowest BCUT2D eigenvalue weighted by molar-refractivity contribution is -0.139. The van der Waals surface area contributed by atoms with Gasteiger partial charge in [0.15, 0.2) is 0 Å². The van der Waals surface area contributed by atoms with Crippen LogP contribution >= 0.6 is 12.4 Å². The lowest BCUT2D eigenvalue weighted by Gasteiger charge is -2.37. The number of nitrogens with zero attached hydrogens (tertiary/aromatic N) is 3. The monoisotopic (exact) mass is 395 g/mol. The molecule has 150 valence electrons. The van der Waals surface area contributed by atoms with E-state index < -0.39 is 0 Å². The Hall–Kier alpha value is -1.60. The van der Waals surface area contributed by atoms with Crippen molar-refractivity contribution in [3.8, 4) is 0 Å². The zero-order valence-electron chi connectivity index (χ0n) is 15.8. The number of aryl methyl sites for hydroxylation is 1. The van der Waals surface area contributed by atoms with Crippen LogP contribution in [0, 0.1) is 23.7 Å². The molecule has 2 aliphatic carbocycles. The lowest BCUT2D eigenvalue weighted by Crippen LogP contribution is -2.50. The van der Waals surface area contributed by atoms with Crippen molar-refractivity contribution in [2.45, 2.75) is 38.1 Å². The van der Waals surface area contributed by atoms with E-state index >= 15 is 0 Å². The van der Waals surface area contributed by atoms with Crippen molar-refractivity contribution < 1.29 is 9.59 Å². The van der Waals surface area contributed by atoms with Crippen LogP contribution in [0.4, 0.5) is 0 Å². The third-order valence-corrected chi connectivity index (χ3v) is 6.71. The average molecular weight is 396 g/mol. The number of hydrogen-bond donors (Lipinski definition) is 2. The largest absolute Gasteiger partial charge is 0.352 e. The highest BCUT2D eigenvalue weighted by Crippen LogP contribution is 2.48. The van der Waals surface area contributed by atoms with Crippen molar-refractivity contribution in [3.63, 3.8) is 0 Å². The number of halogens is 1. The summed E-state index contributed by atoms with van der Waals surface area (Å²) < 4.78 is 1.62. The van der Waals surface area contributed by atoms with Crippen LogP contribution in [0.25, 0.3) is 0 Å². The molecule has 1 aromatic heterocycles. The van der Waals surface area contributed by atoms with Crippen LogP contribution in [0.2, 0.25) is 0 Å². The minimum absolute atomic E-state index is 0. The van der Waals surface area contributed by atoms with Gasteiger partial charge in [0, 0.05) is 38.9 Å². The molecule has 1 saturated heterocycles. The molecule has 4 unspecified atom stereocenters. The maximum Gasteiger partial charge on any atom is 0.254 e. The first kappa shape index (κ1) is 20.1. The molecule has 2 heterocycles. The third kappa shape index (κ3) is 3.99. The van der Waals surface area contributed by atoms with Crippen molar-refractivity contribution in [1.29, 1.82) is 0 Å². The maximum absolute atomic E-state index is 12.9. The average Bonchev–Trinajstić information content (AvgIpc) is 3.36. The number of fused-ring (bicyclic) bond motifs is 2. The van der Waals surface area contributed by atoms with Crippen molar-refractivity contribution >= 4 is 24.2 Å². The Kier molecular flexibility index (Phi) is 6.11. The summed E-state index contributed by atoms with van der Waals surface area (Å²) in [6.45, 7) is 2.23. The Morgan fingerprint density at radius 3 is 2.52 bits per heavy atom. The number of amides is 2. The van der Waals surface area contributed by atoms with E-state index in [2.05, 4.69) is 10.4 Å². The van der Waals surface area contributed by atoms with Gasteiger partial charge in [0.05, 0.1) is 17.7 Å². The van der Waals surface area contributed by atoms with E-state index in [1.54, 1.807) is 24.1 Å². The first-order valence-corrected chi connectivity index (χ1v) is 9.84. The van der Waals surface area contributed by atoms with E-state index in [4.69, 9.17) is 5.73 Å². The molecule has 0 spiro atoms. The predicted octanol–water partition coefficient (Wildman–Crippen LogP) is 1.18. The zero-order chi connectivity index (χ0) is 18.3. The zero-order valence-corrected chi connectivity index (χ0v) is 16.7. The van der Waals surface area contributed by atoms with Crippen LogP contribution in [-0.2, 0) is 11.8 Å². The molecule has 1 aromatic rings. The van der Waals surface area contributed by atoms with E-state index in [-0.39, 0.29) is 36.2 Å². The highest BCUT2D eigenvalue weighted by Gasteiger charge is 2.50. The van der Waals surface area contributed by atoms with Gasteiger partial charge >= 0.3 is 0 Å². The fraction of sp³-hybridized carbons (Fsp3) is 0.737. The fourth-order valence-corrected chi connectivity index (χ4v) is 5.15. The van der Waals surface area contributed by atoms with Gasteiger partial charge in [-0.2, -0.15) is 5.10 Å². The smallest absolute Gasteiger partial charge is 0.254 e. The van der Waals surface area contributed by atoms with Crippen molar-refractivity contribution in [2.75, 3.05) is 19.6 Å². The number of hydrogen-bond acceptors (Lipinski definition) is 4. The highest BCUT2D eigenvalue weighted by molar-refractivity contribution is 5.93. The van der Waals surface area contributed by atoms with Gasteiger partial charge in [-0.15, -0.1) is 12.4 Å².